The van der Waals surface area contributed by atoms with Crippen molar-refractivity contribution >= 4 is 38.4 Å². The molecule has 1 saturated heterocycles. The molecule has 2 unspecified atom stereocenters. The van der Waals surface area contributed by atoms with Crippen molar-refractivity contribution in [3.8, 4) is 11.8 Å². The van der Waals surface area contributed by atoms with Gasteiger partial charge in [-0.15, -0.1) is 0 Å². The second-order valence-electron chi connectivity index (χ2n) is 10.9. The lowest BCUT2D eigenvalue weighted by Gasteiger charge is -2.26. The van der Waals surface area contributed by atoms with E-state index in [1.807, 2.05) is 13.0 Å². The molecule has 2 heterocycles. The van der Waals surface area contributed by atoms with Crippen molar-refractivity contribution in [1.29, 1.82) is 5.26 Å². The molecule has 1 aliphatic rings. The number of nitrogens with zero attached hydrogens (tertiary/aromatic N) is 3. The van der Waals surface area contributed by atoms with Gasteiger partial charge in [0.05, 0.1) is 23.8 Å². The Morgan fingerprint density at radius 2 is 1.67 bits per heavy atom. The minimum absolute atomic E-state index is 0.135. The van der Waals surface area contributed by atoms with Gasteiger partial charge in [0.2, 0.25) is 21.8 Å². The van der Waals surface area contributed by atoms with Gasteiger partial charge in [0, 0.05) is 36.8 Å². The van der Waals surface area contributed by atoms with Gasteiger partial charge in [0.25, 0.3) is 0 Å². The van der Waals surface area contributed by atoms with Gasteiger partial charge in [-0.1, -0.05) is 30.3 Å². The van der Waals surface area contributed by atoms with Gasteiger partial charge in [0.15, 0.2) is 5.25 Å². The fourth-order valence-corrected chi connectivity index (χ4v) is 6.75. The number of fused-ring (bicyclic) bond motifs is 1. The second kappa shape index (κ2) is 14.2. The Bertz CT molecular complexity index is 1800. The highest BCUT2D eigenvalue weighted by Gasteiger charge is 2.37. The van der Waals surface area contributed by atoms with Crippen LogP contribution in [0.3, 0.4) is 0 Å². The number of nitriles is 1. The largest absolute Gasteiger partial charge is 0.494 e. The van der Waals surface area contributed by atoms with Gasteiger partial charge in [0.1, 0.15) is 11.8 Å². The van der Waals surface area contributed by atoms with Crippen LogP contribution in [0.2, 0.25) is 0 Å². The molecule has 0 saturated carbocycles. The number of sulfonamides is 1. The average molecular weight is 626 g/mol. The van der Waals surface area contributed by atoms with E-state index >= 15 is 0 Å². The Labute approximate surface area is 263 Å². The van der Waals surface area contributed by atoms with Crippen LogP contribution in [0.15, 0.2) is 85.1 Å². The molecule has 3 aromatic carbocycles. The zero-order valence-corrected chi connectivity index (χ0v) is 25.8. The molecule has 232 valence electrons. The number of carbonyl (C=O) groups excluding carboxylic acids is 2. The number of likely N-dealkylation sites (tertiary alicyclic amines) is 1. The number of ether oxygens (including phenoxy) is 1. The maximum atomic E-state index is 14.0. The molecule has 1 aromatic heterocycles. The lowest BCUT2D eigenvalue weighted by Crippen LogP contribution is -2.53. The van der Waals surface area contributed by atoms with Crippen molar-refractivity contribution < 1.29 is 22.7 Å². The van der Waals surface area contributed by atoms with Gasteiger partial charge < -0.3 is 15.0 Å². The number of pyridine rings is 1. The van der Waals surface area contributed by atoms with Crippen LogP contribution in [0.25, 0.3) is 10.9 Å². The van der Waals surface area contributed by atoms with Gasteiger partial charge in [-0.2, -0.15) is 5.26 Å². The van der Waals surface area contributed by atoms with Gasteiger partial charge in [-0.05, 0) is 85.8 Å². The van der Waals surface area contributed by atoms with Gasteiger partial charge in [-0.25, -0.2) is 8.42 Å². The highest BCUT2D eigenvalue weighted by Crippen LogP contribution is 2.22. The number of nitrogens with one attached hydrogen (secondary N) is 2. The molecular weight excluding hydrogens is 590 g/mol. The van der Waals surface area contributed by atoms with E-state index in [2.05, 4.69) is 21.1 Å². The third-order valence-electron chi connectivity index (χ3n) is 7.74. The third kappa shape index (κ3) is 7.96. The quantitative estimate of drug-likeness (QED) is 0.240. The molecule has 2 amide bonds. The molecule has 0 bridgehead atoms. The molecule has 4 aromatic rings. The van der Waals surface area contributed by atoms with Crippen molar-refractivity contribution in [3.63, 3.8) is 0 Å². The minimum atomic E-state index is -4.31. The zero-order chi connectivity index (χ0) is 31.8. The van der Waals surface area contributed by atoms with E-state index in [0.29, 0.717) is 47.8 Å². The van der Waals surface area contributed by atoms with Crippen molar-refractivity contribution in [2.75, 3.05) is 24.4 Å². The Balaban J connectivity index is 1.44. The maximum Gasteiger partial charge on any atom is 0.245 e. The van der Waals surface area contributed by atoms with E-state index in [1.54, 1.807) is 83.9 Å². The summed E-state index contributed by atoms with van der Waals surface area (Å²) < 4.78 is 36.0. The Morgan fingerprint density at radius 3 is 2.36 bits per heavy atom. The van der Waals surface area contributed by atoms with Crippen LogP contribution < -0.4 is 14.8 Å². The average Bonchev–Trinajstić information content (AvgIpc) is 3.59. The molecule has 5 rings (SSSR count). The highest BCUT2D eigenvalue weighted by atomic mass is 32.2. The highest BCUT2D eigenvalue weighted by molar-refractivity contribution is 7.94. The normalized spacial score (nSPS) is 14.4. The van der Waals surface area contributed by atoms with E-state index in [1.165, 1.54) is 0 Å². The number of carbonyl (C=O) groups is 2. The molecule has 0 radical (unpaired) electrons. The monoisotopic (exact) mass is 625 g/mol. The number of hydrogen-bond acceptors (Lipinski definition) is 7. The van der Waals surface area contributed by atoms with E-state index in [9.17, 15) is 23.3 Å². The summed E-state index contributed by atoms with van der Waals surface area (Å²) in [6, 6.07) is 23.3. The predicted molar refractivity (Wildman–Crippen MR) is 172 cm³/mol. The molecule has 11 heteroatoms. The standard InChI is InChI=1S/C34H35N5O5S/c1-2-44-29-14-11-25(12-15-29)21-32(45(42,43)38-28-13-16-30-27(22-28)6-5-17-36-30)33(40)37-31(34(41)39-18-3-4-19-39)20-24-7-9-26(23-35)10-8-24/h5-17,22,31-32,38H,2-4,18-21H2,1H3,(H,37,40). The summed E-state index contributed by atoms with van der Waals surface area (Å²) in [6.07, 6.45) is 3.39. The second-order valence-corrected chi connectivity index (χ2v) is 12.8. The van der Waals surface area contributed by atoms with Gasteiger partial charge in [-0.3, -0.25) is 19.3 Å². The number of rotatable bonds is 12. The summed E-state index contributed by atoms with van der Waals surface area (Å²) in [5.41, 5.74) is 2.82. The number of hydrogen-bond donors (Lipinski definition) is 2. The molecule has 1 fully saturated rings. The Morgan fingerprint density at radius 1 is 0.978 bits per heavy atom. The first kappa shape index (κ1) is 31.5. The molecule has 0 spiro atoms. The SMILES string of the molecule is CCOc1ccc(CC(C(=O)NC(Cc2ccc(C#N)cc2)C(=O)N2CCCC2)S(=O)(=O)Nc2ccc3ncccc3c2)cc1. The molecule has 2 atom stereocenters. The fourth-order valence-electron chi connectivity index (χ4n) is 5.39. The van der Waals surface area contributed by atoms with E-state index < -0.39 is 27.2 Å². The van der Waals surface area contributed by atoms with Crippen LogP contribution in [0.5, 0.6) is 5.75 Å². The predicted octanol–water partition coefficient (Wildman–Crippen LogP) is 4.21. The number of benzene rings is 3. The zero-order valence-electron chi connectivity index (χ0n) is 25.0. The Kier molecular flexibility index (Phi) is 9.95. The molecule has 10 nitrogen and oxygen atoms in total. The summed E-state index contributed by atoms with van der Waals surface area (Å²) >= 11 is 0. The fraction of sp³-hybridized carbons (Fsp3) is 0.294. The first-order valence-electron chi connectivity index (χ1n) is 14.9. The molecular formula is C34H35N5O5S. The summed E-state index contributed by atoms with van der Waals surface area (Å²) in [5, 5.41) is 11.2. The summed E-state index contributed by atoms with van der Waals surface area (Å²) in [6.45, 7) is 3.50. The topological polar surface area (TPSA) is 141 Å². The molecule has 0 aliphatic carbocycles. The molecule has 1 aliphatic heterocycles. The summed E-state index contributed by atoms with van der Waals surface area (Å²) in [7, 11) is -4.31. The number of aromatic nitrogens is 1. The van der Waals surface area contributed by atoms with Crippen LogP contribution in [0.4, 0.5) is 5.69 Å². The minimum Gasteiger partial charge on any atom is -0.494 e. The van der Waals surface area contributed by atoms with E-state index in [0.717, 1.165) is 23.8 Å². The van der Waals surface area contributed by atoms with Crippen molar-refractivity contribution in [2.45, 2.75) is 43.9 Å². The number of amides is 2. The Hall–Kier alpha value is -4.95. The van der Waals surface area contributed by atoms with Crippen LogP contribution in [-0.2, 0) is 32.5 Å². The summed E-state index contributed by atoms with van der Waals surface area (Å²) in [4.78, 5) is 33.6. The van der Waals surface area contributed by atoms with E-state index in [4.69, 9.17) is 4.74 Å². The first-order chi connectivity index (χ1) is 21.8. The van der Waals surface area contributed by atoms with Crippen LogP contribution in [0.1, 0.15) is 36.5 Å². The third-order valence-corrected chi connectivity index (χ3v) is 9.39. The van der Waals surface area contributed by atoms with Crippen LogP contribution in [-0.4, -0.2) is 61.1 Å². The van der Waals surface area contributed by atoms with Crippen molar-refractivity contribution in [1.82, 2.24) is 15.2 Å². The summed E-state index contributed by atoms with van der Waals surface area (Å²) in [5.74, 6) is -0.422. The van der Waals surface area contributed by atoms with Crippen molar-refractivity contribution in [3.05, 3.63) is 102 Å². The van der Waals surface area contributed by atoms with Crippen LogP contribution in [0, 0.1) is 11.3 Å². The number of anilines is 1. The maximum absolute atomic E-state index is 14.0. The van der Waals surface area contributed by atoms with Crippen LogP contribution >= 0.6 is 0 Å². The lowest BCUT2D eigenvalue weighted by atomic mass is 10.0. The molecule has 45 heavy (non-hydrogen) atoms. The van der Waals surface area contributed by atoms with Gasteiger partial charge >= 0.3 is 0 Å². The smallest absolute Gasteiger partial charge is 0.245 e. The lowest BCUT2D eigenvalue weighted by molar-refractivity contribution is -0.135. The molecule has 2 N–H and O–H groups in total. The van der Waals surface area contributed by atoms with Crippen molar-refractivity contribution in [2.24, 2.45) is 0 Å². The van der Waals surface area contributed by atoms with E-state index in [-0.39, 0.29) is 18.7 Å². The first-order valence-corrected chi connectivity index (χ1v) is 16.5.